The summed E-state index contributed by atoms with van der Waals surface area (Å²) >= 11 is 5.26. The molecule has 15 heavy (non-hydrogen) atoms. The number of hydrogen-bond donors (Lipinski definition) is 0. The number of hydrogen-bond acceptors (Lipinski definition) is 3. The molecule has 0 radical (unpaired) electrons. The molecule has 0 aliphatic carbocycles. The molecule has 0 bridgehead atoms. The molecular formula is C12H15NOS. The SMILES string of the molecule is COc1ccc(C(=S)C=CN(C)C)cc1. The van der Waals surface area contributed by atoms with Crippen LogP contribution in [0.1, 0.15) is 5.56 Å². The molecule has 0 amide bonds. The molecule has 2 nitrogen and oxygen atoms in total. The molecule has 0 aliphatic rings. The van der Waals surface area contributed by atoms with E-state index in [1.54, 1.807) is 7.11 Å². The Balaban J connectivity index is 2.74. The van der Waals surface area contributed by atoms with Gasteiger partial charge in [0, 0.05) is 19.0 Å². The minimum Gasteiger partial charge on any atom is -0.497 e. The first-order valence-corrected chi connectivity index (χ1v) is 5.07. The highest BCUT2D eigenvalue weighted by molar-refractivity contribution is 7.81. The molecule has 80 valence electrons. The second-order valence-electron chi connectivity index (χ2n) is 3.37. The molecule has 1 aromatic carbocycles. The summed E-state index contributed by atoms with van der Waals surface area (Å²) in [5.41, 5.74) is 1.03. The van der Waals surface area contributed by atoms with Crippen molar-refractivity contribution in [2.45, 2.75) is 0 Å². The fourth-order valence-electron chi connectivity index (χ4n) is 1.07. The van der Waals surface area contributed by atoms with Crippen molar-refractivity contribution < 1.29 is 4.74 Å². The molecule has 0 N–H and O–H groups in total. The zero-order valence-electron chi connectivity index (χ0n) is 9.23. The Morgan fingerprint density at radius 1 is 1.27 bits per heavy atom. The highest BCUT2D eigenvalue weighted by atomic mass is 32.1. The van der Waals surface area contributed by atoms with E-state index in [0.29, 0.717) is 0 Å². The van der Waals surface area contributed by atoms with Gasteiger partial charge in [-0.2, -0.15) is 0 Å². The summed E-state index contributed by atoms with van der Waals surface area (Å²) in [6, 6.07) is 7.73. The average Bonchev–Trinajstić information content (AvgIpc) is 2.26. The first kappa shape index (κ1) is 11.7. The van der Waals surface area contributed by atoms with Crippen LogP contribution in [0.4, 0.5) is 0 Å². The van der Waals surface area contributed by atoms with E-state index < -0.39 is 0 Å². The van der Waals surface area contributed by atoms with E-state index in [1.807, 2.05) is 55.5 Å². The molecule has 1 rings (SSSR count). The molecule has 0 aliphatic heterocycles. The van der Waals surface area contributed by atoms with Gasteiger partial charge < -0.3 is 9.64 Å². The molecule has 1 aromatic rings. The van der Waals surface area contributed by atoms with Crippen LogP contribution in [0.2, 0.25) is 0 Å². The molecule has 0 saturated heterocycles. The number of benzene rings is 1. The largest absolute Gasteiger partial charge is 0.497 e. The average molecular weight is 221 g/mol. The van der Waals surface area contributed by atoms with E-state index in [2.05, 4.69) is 0 Å². The summed E-state index contributed by atoms with van der Waals surface area (Å²) < 4.78 is 5.08. The summed E-state index contributed by atoms with van der Waals surface area (Å²) in [5.74, 6) is 0.845. The lowest BCUT2D eigenvalue weighted by Crippen LogP contribution is -2.02. The van der Waals surface area contributed by atoms with Crippen LogP contribution in [0.5, 0.6) is 5.75 Å². The van der Waals surface area contributed by atoms with Crippen LogP contribution in [0, 0.1) is 0 Å². The smallest absolute Gasteiger partial charge is 0.118 e. The van der Waals surface area contributed by atoms with Gasteiger partial charge in [-0.1, -0.05) is 12.2 Å². The van der Waals surface area contributed by atoms with E-state index >= 15 is 0 Å². The molecular weight excluding hydrogens is 206 g/mol. The zero-order valence-corrected chi connectivity index (χ0v) is 10.0. The maximum atomic E-state index is 5.26. The Hall–Kier alpha value is -1.35. The van der Waals surface area contributed by atoms with Crippen LogP contribution >= 0.6 is 12.2 Å². The summed E-state index contributed by atoms with van der Waals surface area (Å²) in [5, 5.41) is 0. The lowest BCUT2D eigenvalue weighted by atomic mass is 10.1. The van der Waals surface area contributed by atoms with E-state index in [4.69, 9.17) is 17.0 Å². The normalized spacial score (nSPS) is 10.3. The molecule has 0 spiro atoms. The van der Waals surface area contributed by atoms with E-state index in [9.17, 15) is 0 Å². The number of ether oxygens (including phenoxy) is 1. The maximum Gasteiger partial charge on any atom is 0.118 e. The van der Waals surface area contributed by atoms with Gasteiger partial charge in [0.2, 0.25) is 0 Å². The number of methoxy groups -OCH3 is 1. The molecule has 0 saturated carbocycles. The van der Waals surface area contributed by atoms with Gasteiger partial charge in [0.05, 0.1) is 7.11 Å². The van der Waals surface area contributed by atoms with Crippen LogP contribution in [0.3, 0.4) is 0 Å². The van der Waals surface area contributed by atoms with Crippen molar-refractivity contribution in [3.63, 3.8) is 0 Å². The Bertz CT molecular complexity index is 354. The third-order valence-electron chi connectivity index (χ3n) is 1.90. The van der Waals surface area contributed by atoms with Crippen LogP contribution in [-0.4, -0.2) is 31.0 Å². The van der Waals surface area contributed by atoms with Gasteiger partial charge in [0.1, 0.15) is 5.75 Å². The minimum absolute atomic E-state index is 0.825. The molecule has 0 fully saturated rings. The molecule has 0 heterocycles. The third-order valence-corrected chi connectivity index (χ3v) is 2.27. The Morgan fingerprint density at radius 3 is 2.33 bits per heavy atom. The topological polar surface area (TPSA) is 12.5 Å². The van der Waals surface area contributed by atoms with Crippen LogP contribution in [-0.2, 0) is 0 Å². The van der Waals surface area contributed by atoms with Crippen molar-refractivity contribution in [2.75, 3.05) is 21.2 Å². The van der Waals surface area contributed by atoms with Crippen LogP contribution < -0.4 is 4.74 Å². The predicted molar refractivity (Wildman–Crippen MR) is 67.5 cm³/mol. The molecule has 3 heteroatoms. The lowest BCUT2D eigenvalue weighted by Gasteiger charge is -2.05. The standard InChI is InChI=1S/C12H15NOS/c1-13(2)9-8-12(15)10-4-6-11(14-3)7-5-10/h4-9H,1-3H3. The highest BCUT2D eigenvalue weighted by Gasteiger charge is 1.97. The number of rotatable bonds is 4. The Labute approximate surface area is 96.2 Å². The Kier molecular flexibility index (Phi) is 4.31. The minimum atomic E-state index is 0.825. The van der Waals surface area contributed by atoms with Gasteiger partial charge in [-0.3, -0.25) is 0 Å². The summed E-state index contributed by atoms with van der Waals surface area (Å²) in [6.45, 7) is 0. The molecule has 0 unspecified atom stereocenters. The molecule has 0 atom stereocenters. The molecule has 0 aromatic heterocycles. The maximum absolute atomic E-state index is 5.26. The van der Waals surface area contributed by atoms with E-state index in [-0.39, 0.29) is 0 Å². The van der Waals surface area contributed by atoms with Crippen molar-refractivity contribution in [3.8, 4) is 5.75 Å². The van der Waals surface area contributed by atoms with Crippen molar-refractivity contribution in [1.82, 2.24) is 4.90 Å². The number of allylic oxidation sites excluding steroid dienone is 1. The number of thiocarbonyl (C=S) groups is 1. The quantitative estimate of drug-likeness (QED) is 0.440. The van der Waals surface area contributed by atoms with Crippen molar-refractivity contribution in [3.05, 3.63) is 42.1 Å². The van der Waals surface area contributed by atoms with Crippen LogP contribution in [0.25, 0.3) is 0 Å². The van der Waals surface area contributed by atoms with Gasteiger partial charge in [-0.15, -0.1) is 0 Å². The third kappa shape index (κ3) is 3.72. The van der Waals surface area contributed by atoms with Crippen molar-refractivity contribution in [1.29, 1.82) is 0 Å². The van der Waals surface area contributed by atoms with Crippen molar-refractivity contribution in [2.24, 2.45) is 0 Å². The Morgan fingerprint density at radius 2 is 1.87 bits per heavy atom. The van der Waals surface area contributed by atoms with Gasteiger partial charge in [0.15, 0.2) is 0 Å². The first-order chi connectivity index (χ1) is 7.13. The first-order valence-electron chi connectivity index (χ1n) is 4.66. The van der Waals surface area contributed by atoms with Gasteiger partial charge in [-0.05, 0) is 42.1 Å². The van der Waals surface area contributed by atoms with Crippen molar-refractivity contribution >= 4 is 17.1 Å². The summed E-state index contributed by atoms with van der Waals surface area (Å²) in [6.07, 6.45) is 3.85. The summed E-state index contributed by atoms with van der Waals surface area (Å²) in [4.78, 5) is 2.78. The zero-order chi connectivity index (χ0) is 11.3. The fourth-order valence-corrected chi connectivity index (χ4v) is 1.27. The predicted octanol–water partition coefficient (Wildman–Crippen LogP) is 2.49. The highest BCUT2D eigenvalue weighted by Crippen LogP contribution is 2.12. The van der Waals surface area contributed by atoms with Crippen LogP contribution in [0.15, 0.2) is 36.5 Å². The van der Waals surface area contributed by atoms with E-state index in [1.165, 1.54) is 0 Å². The summed E-state index contributed by atoms with van der Waals surface area (Å²) in [7, 11) is 5.58. The number of nitrogens with zero attached hydrogens (tertiary/aromatic N) is 1. The second-order valence-corrected chi connectivity index (χ2v) is 3.81. The monoisotopic (exact) mass is 221 g/mol. The van der Waals surface area contributed by atoms with Gasteiger partial charge in [-0.25, -0.2) is 0 Å². The van der Waals surface area contributed by atoms with Gasteiger partial charge >= 0.3 is 0 Å². The van der Waals surface area contributed by atoms with E-state index in [0.717, 1.165) is 16.2 Å². The van der Waals surface area contributed by atoms with Gasteiger partial charge in [0.25, 0.3) is 0 Å². The fraction of sp³-hybridized carbons (Fsp3) is 0.250. The lowest BCUT2D eigenvalue weighted by molar-refractivity contribution is 0.415. The second kappa shape index (κ2) is 5.51.